The van der Waals surface area contributed by atoms with E-state index in [0.717, 1.165) is 0 Å². The van der Waals surface area contributed by atoms with E-state index in [1.807, 2.05) is 0 Å². The van der Waals surface area contributed by atoms with E-state index in [1.165, 1.54) is 7.05 Å². The van der Waals surface area contributed by atoms with E-state index in [0.29, 0.717) is 11.1 Å². The van der Waals surface area contributed by atoms with Crippen LogP contribution < -0.4 is 11.1 Å². The van der Waals surface area contributed by atoms with Crippen LogP contribution in [0.3, 0.4) is 0 Å². The average molecular weight is 178 g/mol. The number of hydrogen-bond donors (Lipinski definition) is 2. The number of rotatable bonds is 0. The Morgan fingerprint density at radius 3 is 1.77 bits per heavy atom. The maximum absolute atomic E-state index is 10.9. The van der Waals surface area contributed by atoms with Crippen molar-refractivity contribution < 1.29 is 9.59 Å². The van der Waals surface area contributed by atoms with Gasteiger partial charge in [0.05, 0.1) is 11.1 Å². The summed E-state index contributed by atoms with van der Waals surface area (Å²) < 4.78 is 0. The molecular weight excluding hydrogens is 168 g/mol. The SMILES string of the molecule is CN.O=C1NC(=O)c2ccccc21. The molecular formula is C9H10N2O2. The Labute approximate surface area is 75.7 Å². The van der Waals surface area contributed by atoms with Gasteiger partial charge in [-0.1, -0.05) is 12.1 Å². The highest BCUT2D eigenvalue weighted by Crippen LogP contribution is 2.13. The largest absolute Gasteiger partial charge is 0.333 e. The Hall–Kier alpha value is -1.68. The lowest BCUT2D eigenvalue weighted by Crippen LogP contribution is -2.19. The highest BCUT2D eigenvalue weighted by Gasteiger charge is 2.25. The Kier molecular flexibility index (Phi) is 2.76. The molecule has 0 atom stereocenters. The lowest BCUT2D eigenvalue weighted by Gasteiger charge is -1.88. The Balaban J connectivity index is 0.000000396. The monoisotopic (exact) mass is 178 g/mol. The Morgan fingerprint density at radius 1 is 1.00 bits per heavy atom. The second kappa shape index (κ2) is 3.82. The minimum Gasteiger partial charge on any atom is -0.333 e. The topological polar surface area (TPSA) is 72.2 Å². The second-order valence-corrected chi connectivity index (χ2v) is 2.33. The van der Waals surface area contributed by atoms with Gasteiger partial charge in [0.1, 0.15) is 0 Å². The van der Waals surface area contributed by atoms with Crippen LogP contribution in [0.2, 0.25) is 0 Å². The molecule has 2 rings (SSSR count). The molecule has 2 amide bonds. The van der Waals surface area contributed by atoms with E-state index < -0.39 is 0 Å². The van der Waals surface area contributed by atoms with Crippen molar-refractivity contribution in [2.24, 2.45) is 5.73 Å². The van der Waals surface area contributed by atoms with E-state index in [4.69, 9.17) is 0 Å². The molecule has 1 aromatic rings. The van der Waals surface area contributed by atoms with Gasteiger partial charge in [-0.25, -0.2) is 0 Å². The number of benzene rings is 1. The number of fused-ring (bicyclic) bond motifs is 1. The highest BCUT2D eigenvalue weighted by atomic mass is 16.2. The Bertz CT molecular complexity index is 314. The van der Waals surface area contributed by atoms with Gasteiger partial charge in [0, 0.05) is 0 Å². The summed E-state index contributed by atoms with van der Waals surface area (Å²) in [5.41, 5.74) is 5.44. The maximum Gasteiger partial charge on any atom is 0.258 e. The molecule has 4 nitrogen and oxygen atoms in total. The molecule has 1 aliphatic heterocycles. The molecule has 0 saturated heterocycles. The van der Waals surface area contributed by atoms with Crippen LogP contribution in [0.25, 0.3) is 0 Å². The van der Waals surface area contributed by atoms with Crippen molar-refractivity contribution >= 4 is 11.8 Å². The molecule has 0 fully saturated rings. The van der Waals surface area contributed by atoms with Crippen molar-refractivity contribution in [2.75, 3.05) is 7.05 Å². The molecule has 0 bridgehead atoms. The van der Waals surface area contributed by atoms with Crippen molar-refractivity contribution in [1.82, 2.24) is 5.32 Å². The fourth-order valence-corrected chi connectivity index (χ4v) is 1.12. The minimum atomic E-state index is -0.300. The van der Waals surface area contributed by atoms with Gasteiger partial charge in [-0.3, -0.25) is 14.9 Å². The van der Waals surface area contributed by atoms with Crippen LogP contribution in [-0.2, 0) is 0 Å². The molecule has 1 aromatic carbocycles. The lowest BCUT2D eigenvalue weighted by molar-refractivity contribution is 0.0879. The molecule has 0 saturated carbocycles. The molecule has 4 heteroatoms. The molecule has 13 heavy (non-hydrogen) atoms. The quantitative estimate of drug-likeness (QED) is 0.555. The summed E-state index contributed by atoms with van der Waals surface area (Å²) in [5.74, 6) is -0.601. The summed E-state index contributed by atoms with van der Waals surface area (Å²) in [6.07, 6.45) is 0. The zero-order valence-electron chi connectivity index (χ0n) is 7.20. The highest BCUT2D eigenvalue weighted by molar-refractivity contribution is 6.21. The van der Waals surface area contributed by atoms with Gasteiger partial charge in [-0.05, 0) is 19.2 Å². The molecule has 1 aliphatic rings. The number of nitrogens with two attached hydrogens (primary N) is 1. The summed E-state index contributed by atoms with van der Waals surface area (Å²) in [7, 11) is 1.50. The number of hydrogen-bond acceptors (Lipinski definition) is 3. The van der Waals surface area contributed by atoms with Crippen LogP contribution in [-0.4, -0.2) is 18.9 Å². The zero-order chi connectivity index (χ0) is 9.84. The predicted octanol–water partition coefficient (Wildman–Crippen LogP) is 0.145. The number of carbonyl (C=O) groups excluding carboxylic acids is 2. The van der Waals surface area contributed by atoms with Crippen LogP contribution in [0.1, 0.15) is 20.7 Å². The van der Waals surface area contributed by atoms with Crippen LogP contribution in [0.5, 0.6) is 0 Å². The van der Waals surface area contributed by atoms with Gasteiger partial charge in [0.25, 0.3) is 11.8 Å². The van der Waals surface area contributed by atoms with Crippen molar-refractivity contribution in [3.05, 3.63) is 35.4 Å². The standard InChI is InChI=1S/C8H5NO2.CH5N/c10-7-5-3-1-2-4-6(5)8(11)9-7;1-2/h1-4H,(H,9,10,11);2H2,1H3. The van der Waals surface area contributed by atoms with Crippen molar-refractivity contribution in [3.63, 3.8) is 0 Å². The van der Waals surface area contributed by atoms with Crippen molar-refractivity contribution in [3.8, 4) is 0 Å². The fourth-order valence-electron chi connectivity index (χ4n) is 1.12. The number of carbonyl (C=O) groups is 2. The smallest absolute Gasteiger partial charge is 0.258 e. The van der Waals surface area contributed by atoms with Gasteiger partial charge < -0.3 is 5.73 Å². The third kappa shape index (κ3) is 1.57. The third-order valence-electron chi connectivity index (χ3n) is 1.64. The molecule has 0 spiro atoms. The molecule has 68 valence electrons. The summed E-state index contributed by atoms with van der Waals surface area (Å²) in [4.78, 5) is 21.9. The first-order chi connectivity index (χ1) is 6.29. The average Bonchev–Trinajstić information content (AvgIpc) is 2.47. The van der Waals surface area contributed by atoms with Gasteiger partial charge in [0.2, 0.25) is 0 Å². The summed E-state index contributed by atoms with van der Waals surface area (Å²) in [6, 6.07) is 6.74. The first-order valence-corrected chi connectivity index (χ1v) is 3.81. The number of imide groups is 1. The van der Waals surface area contributed by atoms with Gasteiger partial charge in [0.15, 0.2) is 0 Å². The molecule has 0 unspecified atom stereocenters. The second-order valence-electron chi connectivity index (χ2n) is 2.33. The van der Waals surface area contributed by atoms with Crippen LogP contribution >= 0.6 is 0 Å². The maximum atomic E-state index is 10.9. The minimum absolute atomic E-state index is 0.300. The zero-order valence-corrected chi connectivity index (χ0v) is 7.20. The molecule has 0 aromatic heterocycles. The van der Waals surface area contributed by atoms with Crippen LogP contribution in [0.4, 0.5) is 0 Å². The summed E-state index contributed by atoms with van der Waals surface area (Å²) in [6.45, 7) is 0. The van der Waals surface area contributed by atoms with Crippen molar-refractivity contribution in [1.29, 1.82) is 0 Å². The van der Waals surface area contributed by atoms with Crippen molar-refractivity contribution in [2.45, 2.75) is 0 Å². The third-order valence-corrected chi connectivity index (χ3v) is 1.64. The van der Waals surface area contributed by atoms with Crippen LogP contribution in [0, 0.1) is 0 Å². The van der Waals surface area contributed by atoms with Gasteiger partial charge in [-0.15, -0.1) is 0 Å². The van der Waals surface area contributed by atoms with Gasteiger partial charge >= 0.3 is 0 Å². The summed E-state index contributed by atoms with van der Waals surface area (Å²) >= 11 is 0. The Morgan fingerprint density at radius 2 is 1.38 bits per heavy atom. The normalized spacial score (nSPS) is 12.8. The molecule has 3 N–H and O–H groups in total. The van der Waals surface area contributed by atoms with E-state index in [2.05, 4.69) is 11.1 Å². The lowest BCUT2D eigenvalue weighted by atomic mass is 10.1. The van der Waals surface area contributed by atoms with E-state index in [1.54, 1.807) is 24.3 Å². The number of nitrogens with one attached hydrogen (secondary N) is 1. The molecule has 0 radical (unpaired) electrons. The van der Waals surface area contributed by atoms with Crippen LogP contribution in [0.15, 0.2) is 24.3 Å². The first kappa shape index (κ1) is 9.41. The molecule has 0 aliphatic carbocycles. The molecule has 1 heterocycles. The summed E-state index contributed by atoms with van der Waals surface area (Å²) in [5, 5.41) is 2.20. The number of amides is 2. The first-order valence-electron chi connectivity index (χ1n) is 3.81. The van der Waals surface area contributed by atoms with E-state index in [9.17, 15) is 9.59 Å². The van der Waals surface area contributed by atoms with Gasteiger partial charge in [-0.2, -0.15) is 0 Å². The van der Waals surface area contributed by atoms with E-state index >= 15 is 0 Å². The fraction of sp³-hybridized carbons (Fsp3) is 0.111. The predicted molar refractivity (Wildman–Crippen MR) is 48.4 cm³/mol. The van der Waals surface area contributed by atoms with E-state index in [-0.39, 0.29) is 11.8 Å².